The van der Waals surface area contributed by atoms with Crippen LogP contribution in [0.2, 0.25) is 0 Å². The number of rotatable bonds is 3. The van der Waals surface area contributed by atoms with Crippen LogP contribution in [0.25, 0.3) is 0 Å². The topological polar surface area (TPSA) is 86.7 Å². The molecule has 0 radical (unpaired) electrons. The maximum absolute atomic E-state index is 10.8. The highest BCUT2D eigenvalue weighted by Gasteiger charge is 2.22. The van der Waals surface area contributed by atoms with Gasteiger partial charge in [-0.25, -0.2) is 17.9 Å². The number of carboxylic acid groups (broad SMARTS) is 1. The number of amides is 1. The average molecular weight is 236 g/mol. The third-order valence-electron chi connectivity index (χ3n) is 2.52. The van der Waals surface area contributed by atoms with E-state index < -0.39 is 16.1 Å². The average Bonchev–Trinajstić information content (AvgIpc) is 2.14. The van der Waals surface area contributed by atoms with Gasteiger partial charge in [0.05, 0.1) is 6.26 Å². The zero-order valence-corrected chi connectivity index (χ0v) is 9.46. The van der Waals surface area contributed by atoms with Crippen molar-refractivity contribution in [2.75, 3.05) is 25.9 Å². The molecule has 1 aliphatic heterocycles. The summed E-state index contributed by atoms with van der Waals surface area (Å²) in [5.74, 6) is 0.246. The first-order valence-corrected chi connectivity index (χ1v) is 6.70. The predicted octanol–water partition coefficient (Wildman–Crippen LogP) is -0.0744. The zero-order chi connectivity index (χ0) is 11.5. The van der Waals surface area contributed by atoms with Gasteiger partial charge in [0.1, 0.15) is 0 Å². The van der Waals surface area contributed by atoms with E-state index in [0.29, 0.717) is 19.6 Å². The van der Waals surface area contributed by atoms with Crippen LogP contribution in [-0.2, 0) is 10.0 Å². The van der Waals surface area contributed by atoms with Crippen molar-refractivity contribution in [2.45, 2.75) is 12.8 Å². The summed E-state index contributed by atoms with van der Waals surface area (Å²) in [4.78, 5) is 12.0. The lowest BCUT2D eigenvalue weighted by molar-refractivity contribution is 0.125. The van der Waals surface area contributed by atoms with Gasteiger partial charge in [-0.05, 0) is 18.8 Å². The second kappa shape index (κ2) is 4.80. The first kappa shape index (κ1) is 12.3. The van der Waals surface area contributed by atoms with Gasteiger partial charge in [0.15, 0.2) is 0 Å². The minimum atomic E-state index is -3.13. The summed E-state index contributed by atoms with van der Waals surface area (Å²) in [6.07, 6.45) is 1.66. The summed E-state index contributed by atoms with van der Waals surface area (Å²) in [5, 5.41) is 8.70. The minimum Gasteiger partial charge on any atom is -0.465 e. The standard InChI is InChI=1S/C8H16N2O4S/c1-15(13,14)9-6-7-2-4-10(5-3-7)8(11)12/h7,9H,2-6H2,1H3,(H,11,12). The number of piperidine rings is 1. The van der Waals surface area contributed by atoms with Gasteiger partial charge in [-0.15, -0.1) is 0 Å². The lowest BCUT2D eigenvalue weighted by atomic mass is 9.97. The zero-order valence-electron chi connectivity index (χ0n) is 8.64. The van der Waals surface area contributed by atoms with Crippen LogP contribution in [0.3, 0.4) is 0 Å². The molecule has 1 fully saturated rings. The molecule has 2 N–H and O–H groups in total. The van der Waals surface area contributed by atoms with E-state index in [2.05, 4.69) is 4.72 Å². The molecule has 0 aromatic heterocycles. The van der Waals surface area contributed by atoms with Crippen molar-refractivity contribution in [3.8, 4) is 0 Å². The summed E-state index contributed by atoms with van der Waals surface area (Å²) in [6, 6.07) is 0. The molecule has 1 heterocycles. The van der Waals surface area contributed by atoms with Gasteiger partial charge in [0.25, 0.3) is 0 Å². The minimum absolute atomic E-state index is 0.246. The van der Waals surface area contributed by atoms with Crippen molar-refractivity contribution >= 4 is 16.1 Å². The van der Waals surface area contributed by atoms with Crippen molar-refractivity contribution in [3.63, 3.8) is 0 Å². The summed E-state index contributed by atoms with van der Waals surface area (Å²) in [7, 11) is -3.13. The molecule has 15 heavy (non-hydrogen) atoms. The fourth-order valence-electron chi connectivity index (χ4n) is 1.60. The number of sulfonamides is 1. The third kappa shape index (κ3) is 4.48. The Morgan fingerprint density at radius 2 is 2.00 bits per heavy atom. The quantitative estimate of drug-likeness (QED) is 0.718. The van der Waals surface area contributed by atoms with Crippen LogP contribution in [0.1, 0.15) is 12.8 Å². The largest absolute Gasteiger partial charge is 0.465 e. The van der Waals surface area contributed by atoms with Crippen LogP contribution in [0, 0.1) is 5.92 Å². The number of likely N-dealkylation sites (tertiary alicyclic amines) is 1. The molecule has 0 saturated carbocycles. The van der Waals surface area contributed by atoms with Gasteiger partial charge >= 0.3 is 6.09 Å². The van der Waals surface area contributed by atoms with Crippen LogP contribution in [0.4, 0.5) is 4.79 Å². The van der Waals surface area contributed by atoms with Crippen molar-refractivity contribution in [2.24, 2.45) is 5.92 Å². The first-order chi connectivity index (χ1) is 6.88. The van der Waals surface area contributed by atoms with E-state index >= 15 is 0 Å². The molecule has 1 amide bonds. The highest BCUT2D eigenvalue weighted by molar-refractivity contribution is 7.88. The molecule has 1 rings (SSSR count). The third-order valence-corrected chi connectivity index (χ3v) is 3.21. The van der Waals surface area contributed by atoms with Crippen molar-refractivity contribution < 1.29 is 18.3 Å². The molecule has 6 nitrogen and oxygen atoms in total. The fraction of sp³-hybridized carbons (Fsp3) is 0.875. The van der Waals surface area contributed by atoms with E-state index in [1.54, 1.807) is 0 Å². The molecular weight excluding hydrogens is 220 g/mol. The Labute approximate surface area is 89.3 Å². The smallest absolute Gasteiger partial charge is 0.407 e. The summed E-state index contributed by atoms with van der Waals surface area (Å²) < 4.78 is 24.1. The normalized spacial score (nSPS) is 19.1. The molecule has 0 atom stereocenters. The van der Waals surface area contributed by atoms with Gasteiger partial charge < -0.3 is 10.0 Å². The Hall–Kier alpha value is -0.820. The van der Waals surface area contributed by atoms with Crippen LogP contribution in [0.15, 0.2) is 0 Å². The number of hydrogen-bond donors (Lipinski definition) is 2. The maximum atomic E-state index is 10.8. The van der Waals surface area contributed by atoms with Crippen LogP contribution >= 0.6 is 0 Å². The predicted molar refractivity (Wildman–Crippen MR) is 55.2 cm³/mol. The number of hydrogen-bond acceptors (Lipinski definition) is 3. The highest BCUT2D eigenvalue weighted by atomic mass is 32.2. The van der Waals surface area contributed by atoms with Gasteiger partial charge in [0.2, 0.25) is 10.0 Å². The van der Waals surface area contributed by atoms with Crippen molar-refractivity contribution in [1.29, 1.82) is 0 Å². The lowest BCUT2D eigenvalue weighted by Gasteiger charge is -2.29. The van der Waals surface area contributed by atoms with Gasteiger partial charge in [0, 0.05) is 19.6 Å². The van der Waals surface area contributed by atoms with Crippen LogP contribution in [0.5, 0.6) is 0 Å². The Morgan fingerprint density at radius 1 is 1.47 bits per heavy atom. The van der Waals surface area contributed by atoms with Gasteiger partial charge in [-0.1, -0.05) is 0 Å². The SMILES string of the molecule is CS(=O)(=O)NCC1CCN(C(=O)O)CC1. The monoisotopic (exact) mass is 236 g/mol. The number of nitrogens with one attached hydrogen (secondary N) is 1. The number of nitrogens with zero attached hydrogens (tertiary/aromatic N) is 1. The highest BCUT2D eigenvalue weighted by Crippen LogP contribution is 2.16. The molecule has 7 heteroatoms. The molecule has 0 bridgehead atoms. The molecule has 0 spiro atoms. The molecule has 0 aromatic rings. The first-order valence-electron chi connectivity index (χ1n) is 4.81. The van der Waals surface area contributed by atoms with E-state index in [1.165, 1.54) is 4.90 Å². The van der Waals surface area contributed by atoms with E-state index in [-0.39, 0.29) is 5.92 Å². The maximum Gasteiger partial charge on any atom is 0.407 e. The molecule has 1 saturated heterocycles. The van der Waals surface area contributed by atoms with E-state index in [1.807, 2.05) is 0 Å². The van der Waals surface area contributed by atoms with Gasteiger partial charge in [-0.3, -0.25) is 0 Å². The molecular formula is C8H16N2O4S. The second-order valence-electron chi connectivity index (χ2n) is 3.83. The van der Waals surface area contributed by atoms with E-state index in [9.17, 15) is 13.2 Å². The Bertz CT molecular complexity index is 320. The molecule has 88 valence electrons. The van der Waals surface area contributed by atoms with E-state index in [0.717, 1.165) is 19.1 Å². The number of carbonyl (C=O) groups is 1. The summed E-state index contributed by atoms with van der Waals surface area (Å²) in [5.41, 5.74) is 0. The second-order valence-corrected chi connectivity index (χ2v) is 5.67. The Morgan fingerprint density at radius 3 is 2.40 bits per heavy atom. The molecule has 0 aliphatic carbocycles. The summed E-state index contributed by atoms with van der Waals surface area (Å²) in [6.45, 7) is 1.39. The fourth-order valence-corrected chi connectivity index (χ4v) is 2.14. The Kier molecular flexibility index (Phi) is 3.92. The summed E-state index contributed by atoms with van der Waals surface area (Å²) >= 11 is 0. The van der Waals surface area contributed by atoms with Crippen molar-refractivity contribution in [3.05, 3.63) is 0 Å². The molecule has 0 aromatic carbocycles. The van der Waals surface area contributed by atoms with Gasteiger partial charge in [-0.2, -0.15) is 0 Å². The Balaban J connectivity index is 2.29. The van der Waals surface area contributed by atoms with E-state index in [4.69, 9.17) is 5.11 Å². The van der Waals surface area contributed by atoms with Crippen molar-refractivity contribution in [1.82, 2.24) is 9.62 Å². The molecule has 1 aliphatic rings. The van der Waals surface area contributed by atoms with Crippen LogP contribution in [-0.4, -0.2) is 50.4 Å². The van der Waals surface area contributed by atoms with Crippen LogP contribution < -0.4 is 4.72 Å². The lowest BCUT2D eigenvalue weighted by Crippen LogP contribution is -2.40. The molecule has 0 unspecified atom stereocenters.